The van der Waals surface area contributed by atoms with Crippen molar-refractivity contribution in [2.45, 2.75) is 0 Å². The summed E-state index contributed by atoms with van der Waals surface area (Å²) in [5.41, 5.74) is 0.347. The molecule has 0 unspecified atom stereocenters. The average Bonchev–Trinajstić information content (AvgIpc) is 2.29. The van der Waals surface area contributed by atoms with E-state index in [2.05, 4.69) is 4.74 Å². The Morgan fingerprint density at radius 1 is 1.12 bits per heavy atom. The molecule has 0 fully saturated rings. The van der Waals surface area contributed by atoms with Gasteiger partial charge in [0.25, 0.3) is 0 Å². The largest absolute Gasteiger partial charge is 0.504 e. The van der Waals surface area contributed by atoms with Gasteiger partial charge in [0.05, 0.1) is 14.2 Å². The summed E-state index contributed by atoms with van der Waals surface area (Å²) in [7, 11) is 2.70. The molecule has 0 atom stereocenters. The van der Waals surface area contributed by atoms with Crippen molar-refractivity contribution in [1.29, 1.82) is 0 Å². The van der Waals surface area contributed by atoms with Crippen molar-refractivity contribution in [1.82, 2.24) is 0 Å². The average molecular weight is 224 g/mol. The van der Waals surface area contributed by atoms with Crippen LogP contribution in [0.1, 0.15) is 5.56 Å². The topological polar surface area (TPSA) is 76.0 Å². The lowest BCUT2D eigenvalue weighted by Gasteiger charge is -2.06. The Hall–Kier alpha value is -2.17. The number of benzene rings is 1. The van der Waals surface area contributed by atoms with Crippen LogP contribution in [0.4, 0.5) is 0 Å². The summed E-state index contributed by atoms with van der Waals surface area (Å²) in [4.78, 5) is 10.7. The Bertz CT molecular complexity index is 405. The first-order chi connectivity index (χ1) is 7.60. The lowest BCUT2D eigenvalue weighted by molar-refractivity contribution is -0.136. The minimum Gasteiger partial charge on any atom is -0.504 e. The highest BCUT2D eigenvalue weighted by molar-refractivity contribution is 5.92. The van der Waals surface area contributed by atoms with Crippen LogP contribution in [0.25, 0.3) is 5.76 Å². The number of aliphatic carboxylic acids is 1. The molecule has 0 aliphatic heterocycles. The van der Waals surface area contributed by atoms with E-state index in [1.54, 1.807) is 12.1 Å². The number of aliphatic hydroxyl groups excluding tert-OH is 1. The molecule has 2 N–H and O–H groups in total. The molecule has 1 aromatic rings. The van der Waals surface area contributed by atoms with Gasteiger partial charge in [0.15, 0.2) is 5.76 Å². The third-order valence-corrected chi connectivity index (χ3v) is 1.98. The van der Waals surface area contributed by atoms with Crippen molar-refractivity contribution < 1.29 is 24.5 Å². The number of ether oxygens (including phenoxy) is 2. The van der Waals surface area contributed by atoms with Gasteiger partial charge in [-0.2, -0.15) is 0 Å². The lowest BCUT2D eigenvalue weighted by Crippen LogP contribution is -2.06. The van der Waals surface area contributed by atoms with E-state index in [0.717, 1.165) is 0 Å². The molecule has 0 bridgehead atoms. The molecule has 16 heavy (non-hydrogen) atoms. The first kappa shape index (κ1) is 11.9. The summed E-state index contributed by atoms with van der Waals surface area (Å²) in [6.45, 7) is 0. The van der Waals surface area contributed by atoms with Gasteiger partial charge in [-0.15, -0.1) is 0 Å². The second-order valence-corrected chi connectivity index (χ2v) is 2.92. The second-order valence-electron chi connectivity index (χ2n) is 2.92. The van der Waals surface area contributed by atoms with Crippen molar-refractivity contribution in [3.05, 3.63) is 35.6 Å². The summed E-state index contributed by atoms with van der Waals surface area (Å²) in [6.07, 6.45) is 0. The van der Waals surface area contributed by atoms with E-state index in [1.807, 2.05) is 0 Å². The van der Waals surface area contributed by atoms with E-state index in [9.17, 15) is 9.90 Å². The van der Waals surface area contributed by atoms with Crippen LogP contribution >= 0.6 is 0 Å². The van der Waals surface area contributed by atoms with Crippen molar-refractivity contribution in [2.24, 2.45) is 0 Å². The predicted octanol–water partition coefficient (Wildman–Crippen LogP) is 1.65. The number of rotatable bonds is 4. The van der Waals surface area contributed by atoms with Gasteiger partial charge in [-0.3, -0.25) is 0 Å². The quantitative estimate of drug-likeness (QED) is 0.600. The van der Waals surface area contributed by atoms with Crippen molar-refractivity contribution >= 4 is 11.7 Å². The maximum absolute atomic E-state index is 10.7. The third-order valence-electron chi connectivity index (χ3n) is 1.98. The maximum atomic E-state index is 10.7. The highest BCUT2D eigenvalue weighted by Crippen LogP contribution is 2.19. The number of carbonyl (C=O) groups is 1. The first-order valence-corrected chi connectivity index (χ1v) is 4.45. The summed E-state index contributed by atoms with van der Waals surface area (Å²) < 4.78 is 9.52. The minimum atomic E-state index is -1.32. The van der Waals surface area contributed by atoms with Crippen LogP contribution in [0.15, 0.2) is 30.0 Å². The molecule has 0 aliphatic rings. The summed E-state index contributed by atoms with van der Waals surface area (Å²) >= 11 is 0. The number of methoxy groups -OCH3 is 2. The Morgan fingerprint density at radius 2 is 1.69 bits per heavy atom. The Labute approximate surface area is 92.5 Å². The van der Waals surface area contributed by atoms with Gasteiger partial charge in [-0.1, -0.05) is 0 Å². The van der Waals surface area contributed by atoms with Gasteiger partial charge in [0, 0.05) is 5.56 Å². The molecule has 1 rings (SSSR count). The van der Waals surface area contributed by atoms with Gasteiger partial charge < -0.3 is 19.7 Å². The van der Waals surface area contributed by atoms with Crippen LogP contribution < -0.4 is 4.74 Å². The van der Waals surface area contributed by atoms with E-state index in [-0.39, 0.29) is 0 Å². The van der Waals surface area contributed by atoms with Crippen LogP contribution in [0.3, 0.4) is 0 Å². The molecule has 0 saturated heterocycles. The van der Waals surface area contributed by atoms with Crippen LogP contribution in [-0.2, 0) is 9.53 Å². The third kappa shape index (κ3) is 2.44. The van der Waals surface area contributed by atoms with Gasteiger partial charge >= 0.3 is 5.97 Å². The van der Waals surface area contributed by atoms with E-state index >= 15 is 0 Å². The number of aliphatic hydroxyl groups is 1. The van der Waals surface area contributed by atoms with Crippen molar-refractivity contribution in [3.8, 4) is 5.75 Å². The zero-order valence-electron chi connectivity index (χ0n) is 8.93. The molecule has 0 aliphatic carbocycles. The molecule has 0 aromatic heterocycles. The fourth-order valence-corrected chi connectivity index (χ4v) is 1.17. The van der Waals surface area contributed by atoms with Gasteiger partial charge in [-0.25, -0.2) is 4.79 Å². The Balaban J connectivity index is 3.11. The SMILES string of the molecule is CO/C(C(=O)O)=C(/O)c1ccc(OC)cc1. The van der Waals surface area contributed by atoms with Crippen molar-refractivity contribution in [2.75, 3.05) is 14.2 Å². The second kappa shape index (κ2) is 5.06. The highest BCUT2D eigenvalue weighted by atomic mass is 16.5. The molecule has 5 nitrogen and oxygen atoms in total. The van der Waals surface area contributed by atoms with Crippen LogP contribution in [0.5, 0.6) is 5.75 Å². The number of hydrogen-bond donors (Lipinski definition) is 2. The van der Waals surface area contributed by atoms with E-state index in [0.29, 0.717) is 11.3 Å². The highest BCUT2D eigenvalue weighted by Gasteiger charge is 2.15. The maximum Gasteiger partial charge on any atom is 0.375 e. The summed E-state index contributed by atoms with van der Waals surface area (Å²) in [5, 5.41) is 18.4. The Kier molecular flexibility index (Phi) is 3.77. The van der Waals surface area contributed by atoms with Gasteiger partial charge in [0.2, 0.25) is 5.76 Å². The molecule has 1 aromatic carbocycles. The molecule has 0 heterocycles. The standard InChI is InChI=1S/C11H12O5/c1-15-8-5-3-7(4-6-8)9(12)10(16-2)11(13)14/h3-6,12H,1-2H3,(H,13,14)/b10-9+. The zero-order valence-corrected chi connectivity index (χ0v) is 8.93. The fourth-order valence-electron chi connectivity index (χ4n) is 1.17. The van der Waals surface area contributed by atoms with E-state index < -0.39 is 17.5 Å². The molecule has 0 saturated carbocycles. The number of carboxylic acids is 1. The molecule has 0 radical (unpaired) electrons. The zero-order chi connectivity index (χ0) is 12.1. The minimum absolute atomic E-state index is 0.347. The monoisotopic (exact) mass is 224 g/mol. The fraction of sp³-hybridized carbons (Fsp3) is 0.182. The summed E-state index contributed by atoms with van der Waals surface area (Å²) in [5.74, 6) is -1.62. The lowest BCUT2D eigenvalue weighted by atomic mass is 10.1. The smallest absolute Gasteiger partial charge is 0.375 e. The van der Waals surface area contributed by atoms with Crippen LogP contribution in [0.2, 0.25) is 0 Å². The molecule has 86 valence electrons. The molecule has 0 spiro atoms. The molecular formula is C11H12O5. The number of carboxylic acid groups (broad SMARTS) is 1. The molecule has 5 heteroatoms. The Morgan fingerprint density at radius 3 is 2.06 bits per heavy atom. The molecule has 0 amide bonds. The van der Waals surface area contributed by atoms with E-state index in [4.69, 9.17) is 9.84 Å². The first-order valence-electron chi connectivity index (χ1n) is 4.45. The predicted molar refractivity (Wildman–Crippen MR) is 57.2 cm³/mol. The van der Waals surface area contributed by atoms with Gasteiger partial charge in [0.1, 0.15) is 5.75 Å². The van der Waals surface area contributed by atoms with E-state index in [1.165, 1.54) is 26.4 Å². The molecular weight excluding hydrogens is 212 g/mol. The number of hydrogen-bond acceptors (Lipinski definition) is 4. The summed E-state index contributed by atoms with van der Waals surface area (Å²) in [6, 6.07) is 6.30. The van der Waals surface area contributed by atoms with Crippen molar-refractivity contribution in [3.63, 3.8) is 0 Å². The van der Waals surface area contributed by atoms with Crippen LogP contribution in [0, 0.1) is 0 Å². The normalized spacial score (nSPS) is 11.6. The van der Waals surface area contributed by atoms with Crippen LogP contribution in [-0.4, -0.2) is 30.4 Å². The van der Waals surface area contributed by atoms with Gasteiger partial charge in [-0.05, 0) is 24.3 Å².